The topological polar surface area (TPSA) is 186 Å². The number of carbonyl (C=O) groups excluding carboxylic acids is 3. The first kappa shape index (κ1) is 24.5. The number of nitrogens with one attached hydrogen (secondary N) is 4. The molecule has 0 aliphatic carbocycles. The van der Waals surface area contributed by atoms with Crippen molar-refractivity contribution in [1.82, 2.24) is 35.4 Å². The van der Waals surface area contributed by atoms with Crippen molar-refractivity contribution in [2.45, 2.75) is 13.1 Å². The van der Waals surface area contributed by atoms with Gasteiger partial charge in [0.15, 0.2) is 18.1 Å². The number of anilines is 1. The second-order valence-electron chi connectivity index (χ2n) is 8.80. The maximum Gasteiger partial charge on any atom is 0.439 e. The molecule has 1 aliphatic rings. The largest absolute Gasteiger partial charge is 0.482 e. The monoisotopic (exact) mass is 540 g/mol. The smallest absolute Gasteiger partial charge is 0.439 e. The molecular formula is C26H20N8O6. The zero-order valence-electron chi connectivity index (χ0n) is 20.6. The minimum absolute atomic E-state index is 0.0405. The molecule has 4 N–H and O–H groups in total. The quantitative estimate of drug-likeness (QED) is 0.236. The van der Waals surface area contributed by atoms with Crippen LogP contribution in [0, 0.1) is 0 Å². The minimum atomic E-state index is -0.648. The molecule has 0 unspecified atom stereocenters. The maximum absolute atomic E-state index is 13.1. The lowest BCUT2D eigenvalue weighted by Crippen LogP contribution is -2.28. The average molecular weight is 540 g/mol. The molecule has 0 atom stereocenters. The molecule has 4 heterocycles. The molecule has 0 radical (unpaired) electrons. The van der Waals surface area contributed by atoms with Crippen LogP contribution in [0.2, 0.25) is 0 Å². The Morgan fingerprint density at radius 1 is 0.950 bits per heavy atom. The molecule has 0 saturated heterocycles. The van der Waals surface area contributed by atoms with Crippen LogP contribution in [-0.4, -0.2) is 49.1 Å². The summed E-state index contributed by atoms with van der Waals surface area (Å²) in [7, 11) is 0. The summed E-state index contributed by atoms with van der Waals surface area (Å²) < 4.78 is 11.2. The Morgan fingerprint density at radius 3 is 2.52 bits per heavy atom. The van der Waals surface area contributed by atoms with Crippen molar-refractivity contribution >= 4 is 29.1 Å². The maximum atomic E-state index is 13.1. The van der Waals surface area contributed by atoms with E-state index in [2.05, 4.69) is 40.7 Å². The Kier molecular flexibility index (Phi) is 6.24. The summed E-state index contributed by atoms with van der Waals surface area (Å²) in [5.41, 5.74) is 3.21. The third-order valence-corrected chi connectivity index (χ3v) is 6.08. The highest BCUT2D eigenvalue weighted by Gasteiger charge is 2.19. The van der Waals surface area contributed by atoms with Gasteiger partial charge in [-0.2, -0.15) is 5.10 Å². The first-order valence-electron chi connectivity index (χ1n) is 12.0. The Morgan fingerprint density at radius 2 is 1.73 bits per heavy atom. The Labute approximate surface area is 224 Å². The minimum Gasteiger partial charge on any atom is -0.482 e. The lowest BCUT2D eigenvalue weighted by molar-refractivity contribution is -0.118. The van der Waals surface area contributed by atoms with Crippen molar-refractivity contribution in [2.24, 2.45) is 0 Å². The molecule has 14 heteroatoms. The van der Waals surface area contributed by atoms with E-state index in [1.54, 1.807) is 48.5 Å². The number of ether oxygens (including phenoxy) is 1. The predicted molar refractivity (Wildman–Crippen MR) is 138 cm³/mol. The molecule has 5 aromatic rings. The van der Waals surface area contributed by atoms with Crippen LogP contribution < -0.4 is 26.4 Å². The van der Waals surface area contributed by atoms with Gasteiger partial charge < -0.3 is 20.7 Å². The highest BCUT2D eigenvalue weighted by Crippen LogP contribution is 2.28. The van der Waals surface area contributed by atoms with Crippen molar-refractivity contribution < 1.29 is 23.6 Å². The van der Waals surface area contributed by atoms with E-state index in [-0.39, 0.29) is 37.0 Å². The highest BCUT2D eigenvalue weighted by molar-refractivity contribution is 5.98. The van der Waals surface area contributed by atoms with E-state index in [0.717, 1.165) is 11.1 Å². The molecule has 0 fully saturated rings. The summed E-state index contributed by atoms with van der Waals surface area (Å²) in [4.78, 5) is 55.6. The van der Waals surface area contributed by atoms with Gasteiger partial charge in [-0.3, -0.25) is 23.9 Å². The van der Waals surface area contributed by atoms with Crippen molar-refractivity contribution in [3.8, 4) is 17.1 Å². The highest BCUT2D eigenvalue weighted by atomic mass is 16.5. The molecule has 3 amide bonds. The number of hydrogen-bond donors (Lipinski definition) is 4. The van der Waals surface area contributed by atoms with Gasteiger partial charge in [-0.15, -0.1) is 0 Å². The SMILES string of the molecule is O=C1COc2ccc(CNC(=O)c3cc(C(=O)NCc4ccc(-c5noc(=O)[nH]5)cc4)n4nccc4n3)cc2N1. The van der Waals surface area contributed by atoms with Crippen molar-refractivity contribution in [2.75, 3.05) is 11.9 Å². The van der Waals surface area contributed by atoms with Gasteiger partial charge in [0.25, 0.3) is 17.7 Å². The molecule has 2 aromatic carbocycles. The number of fused-ring (bicyclic) bond motifs is 2. The molecule has 0 saturated carbocycles. The van der Waals surface area contributed by atoms with E-state index in [0.29, 0.717) is 28.5 Å². The predicted octanol–water partition coefficient (Wildman–Crippen LogP) is 1.26. The van der Waals surface area contributed by atoms with Crippen LogP contribution in [0.5, 0.6) is 5.75 Å². The van der Waals surface area contributed by atoms with Gasteiger partial charge >= 0.3 is 5.76 Å². The van der Waals surface area contributed by atoms with Crippen molar-refractivity contribution in [1.29, 1.82) is 0 Å². The van der Waals surface area contributed by atoms with E-state index in [9.17, 15) is 19.2 Å². The van der Waals surface area contributed by atoms with Gasteiger partial charge in [0.2, 0.25) is 0 Å². The number of nitrogens with zero attached hydrogens (tertiary/aromatic N) is 4. The normalized spacial score (nSPS) is 12.3. The fourth-order valence-corrected chi connectivity index (χ4v) is 4.11. The fourth-order valence-electron chi connectivity index (χ4n) is 4.11. The van der Waals surface area contributed by atoms with E-state index < -0.39 is 17.6 Å². The van der Waals surface area contributed by atoms with Crippen LogP contribution >= 0.6 is 0 Å². The first-order chi connectivity index (χ1) is 19.4. The van der Waals surface area contributed by atoms with E-state index >= 15 is 0 Å². The van der Waals surface area contributed by atoms with Crippen LogP contribution in [0.1, 0.15) is 32.1 Å². The molecule has 200 valence electrons. The van der Waals surface area contributed by atoms with Crippen LogP contribution in [-0.2, 0) is 17.9 Å². The molecule has 14 nitrogen and oxygen atoms in total. The standard InChI is InChI=1S/C26H20N8O6/c35-22-13-39-20-6-3-15(9-17(20)31-22)12-27-24(36)18-10-19(34-21(30-18)7-8-29-34)25(37)28-11-14-1-4-16(5-2-14)23-32-26(38)40-33-23/h1-10H,11-13H2,(H,27,36)(H,28,37)(H,31,35)(H,32,33,38). The number of benzene rings is 2. The zero-order valence-corrected chi connectivity index (χ0v) is 20.6. The van der Waals surface area contributed by atoms with Crippen LogP contribution in [0.25, 0.3) is 17.0 Å². The third-order valence-electron chi connectivity index (χ3n) is 6.08. The first-order valence-corrected chi connectivity index (χ1v) is 12.0. The number of rotatable bonds is 7. The number of aromatic nitrogens is 5. The third kappa shape index (κ3) is 5.00. The van der Waals surface area contributed by atoms with Gasteiger partial charge in [-0.25, -0.2) is 14.3 Å². The summed E-state index contributed by atoms with van der Waals surface area (Å²) in [5, 5.41) is 16.1. The van der Waals surface area contributed by atoms with E-state index in [4.69, 9.17) is 4.74 Å². The summed E-state index contributed by atoms with van der Waals surface area (Å²) in [5.74, 6) is -0.987. The summed E-state index contributed by atoms with van der Waals surface area (Å²) in [6.07, 6.45) is 1.48. The molecule has 6 rings (SSSR count). The number of aromatic amines is 1. The van der Waals surface area contributed by atoms with Gasteiger partial charge in [0.05, 0.1) is 11.9 Å². The van der Waals surface area contributed by atoms with Crippen molar-refractivity contribution in [3.05, 3.63) is 93.9 Å². The molecule has 1 aliphatic heterocycles. The lowest BCUT2D eigenvalue weighted by atomic mass is 10.1. The Hall–Kier alpha value is -5.79. The lowest BCUT2D eigenvalue weighted by Gasteiger charge is -2.18. The summed E-state index contributed by atoms with van der Waals surface area (Å²) in [6, 6.07) is 15.2. The zero-order chi connectivity index (χ0) is 27.6. The Bertz CT molecular complexity index is 1820. The van der Waals surface area contributed by atoms with Gasteiger partial charge in [0.1, 0.15) is 17.1 Å². The van der Waals surface area contributed by atoms with Crippen molar-refractivity contribution in [3.63, 3.8) is 0 Å². The van der Waals surface area contributed by atoms with Crippen LogP contribution in [0.4, 0.5) is 5.69 Å². The van der Waals surface area contributed by atoms with Crippen LogP contribution in [0.15, 0.2) is 70.1 Å². The van der Waals surface area contributed by atoms with Gasteiger partial charge in [0, 0.05) is 30.8 Å². The Balaban J connectivity index is 1.14. The summed E-state index contributed by atoms with van der Waals surface area (Å²) >= 11 is 0. The molecule has 0 spiro atoms. The molecule has 40 heavy (non-hydrogen) atoms. The molecule has 0 bridgehead atoms. The molecular weight excluding hydrogens is 520 g/mol. The van der Waals surface area contributed by atoms with Gasteiger partial charge in [-0.1, -0.05) is 35.5 Å². The number of carbonyl (C=O) groups is 3. The number of H-pyrrole nitrogens is 1. The average Bonchev–Trinajstić information content (AvgIpc) is 3.63. The number of amides is 3. The second-order valence-corrected chi connectivity index (χ2v) is 8.80. The van der Waals surface area contributed by atoms with Crippen LogP contribution in [0.3, 0.4) is 0 Å². The number of hydrogen-bond acceptors (Lipinski definition) is 9. The second kappa shape index (κ2) is 10.2. The summed E-state index contributed by atoms with van der Waals surface area (Å²) in [6.45, 7) is 0.314. The van der Waals surface area contributed by atoms with E-state index in [1.807, 2.05) is 0 Å². The fraction of sp³-hybridized carbons (Fsp3) is 0.115. The van der Waals surface area contributed by atoms with E-state index in [1.165, 1.54) is 16.8 Å². The van der Waals surface area contributed by atoms with Gasteiger partial charge in [-0.05, 0) is 23.3 Å². The molecule has 3 aromatic heterocycles.